The van der Waals surface area contributed by atoms with Crippen LogP contribution in [0.5, 0.6) is 5.75 Å². The lowest BCUT2D eigenvalue weighted by Crippen LogP contribution is -2.52. The van der Waals surface area contributed by atoms with Gasteiger partial charge in [-0.25, -0.2) is 0 Å². The monoisotopic (exact) mass is 295 g/mol. The molecule has 0 atom stereocenters. The Morgan fingerprint density at radius 1 is 1.25 bits per heavy atom. The number of hydrogen-bond acceptors (Lipinski definition) is 3. The van der Waals surface area contributed by atoms with Gasteiger partial charge in [-0.15, -0.1) is 0 Å². The van der Waals surface area contributed by atoms with Crippen LogP contribution in [0.15, 0.2) is 18.2 Å². The fourth-order valence-corrected chi connectivity index (χ4v) is 1.90. The number of ether oxygens (including phenoxy) is 1. The fraction of sp³-hybridized carbons (Fsp3) is 0.429. The molecule has 0 aliphatic carbocycles. The summed E-state index contributed by atoms with van der Waals surface area (Å²) in [6.07, 6.45) is 0. The molecule has 0 saturated carbocycles. The first-order valence-corrected chi connectivity index (χ1v) is 6.67. The molecule has 0 unspecified atom stereocenters. The predicted molar refractivity (Wildman–Crippen MR) is 83.8 cm³/mol. The van der Waals surface area contributed by atoms with Gasteiger partial charge in [0, 0.05) is 5.54 Å². The fourth-order valence-electron chi connectivity index (χ4n) is 1.54. The average molecular weight is 295 g/mol. The van der Waals surface area contributed by atoms with Crippen molar-refractivity contribution in [2.45, 2.75) is 33.2 Å². The second-order valence-electron chi connectivity index (χ2n) is 5.49. The molecule has 5 nitrogen and oxygen atoms in total. The van der Waals surface area contributed by atoms with E-state index in [0.29, 0.717) is 16.4 Å². The molecule has 0 radical (unpaired) electrons. The van der Waals surface area contributed by atoms with Gasteiger partial charge in [-0.2, -0.15) is 0 Å². The van der Waals surface area contributed by atoms with Crippen molar-refractivity contribution in [3.05, 3.63) is 29.3 Å². The molecule has 110 valence electrons. The van der Waals surface area contributed by atoms with Crippen molar-refractivity contribution >= 4 is 23.2 Å². The van der Waals surface area contributed by atoms with Crippen molar-refractivity contribution in [2.75, 3.05) is 7.11 Å². The summed E-state index contributed by atoms with van der Waals surface area (Å²) in [5.74, 6) is 0.221. The number of aryl methyl sites for hydroxylation is 1. The molecule has 1 aromatic rings. The van der Waals surface area contributed by atoms with E-state index >= 15 is 0 Å². The van der Waals surface area contributed by atoms with Gasteiger partial charge in [0.05, 0.1) is 12.7 Å². The van der Waals surface area contributed by atoms with E-state index in [0.717, 1.165) is 5.56 Å². The zero-order valence-corrected chi connectivity index (χ0v) is 13.3. The van der Waals surface area contributed by atoms with Gasteiger partial charge in [0.2, 0.25) is 0 Å². The van der Waals surface area contributed by atoms with Crippen molar-refractivity contribution in [1.29, 1.82) is 0 Å². The number of benzene rings is 1. The zero-order chi connectivity index (χ0) is 15.3. The van der Waals surface area contributed by atoms with Crippen molar-refractivity contribution in [3.63, 3.8) is 0 Å². The van der Waals surface area contributed by atoms with Crippen LogP contribution in [-0.2, 0) is 0 Å². The van der Waals surface area contributed by atoms with Crippen LogP contribution >= 0.6 is 12.2 Å². The topological polar surface area (TPSA) is 62.4 Å². The van der Waals surface area contributed by atoms with Crippen LogP contribution in [0.1, 0.15) is 36.7 Å². The molecule has 20 heavy (non-hydrogen) atoms. The number of rotatable bonds is 2. The Morgan fingerprint density at radius 3 is 2.45 bits per heavy atom. The summed E-state index contributed by atoms with van der Waals surface area (Å²) >= 11 is 5.08. The Bertz CT molecular complexity index is 510. The number of hydrogen-bond donors (Lipinski definition) is 3. The first kappa shape index (κ1) is 16.2. The third kappa shape index (κ3) is 5.05. The molecule has 1 amide bonds. The number of thiocarbonyl (C=S) groups is 1. The summed E-state index contributed by atoms with van der Waals surface area (Å²) in [4.78, 5) is 12.1. The first-order valence-electron chi connectivity index (χ1n) is 6.26. The van der Waals surface area contributed by atoms with Gasteiger partial charge in [-0.3, -0.25) is 15.6 Å². The maximum atomic E-state index is 12.1. The molecule has 3 N–H and O–H groups in total. The molecular formula is C14H21N3O2S. The highest BCUT2D eigenvalue weighted by Crippen LogP contribution is 2.19. The minimum Gasteiger partial charge on any atom is -0.496 e. The molecule has 1 aromatic carbocycles. The van der Waals surface area contributed by atoms with Gasteiger partial charge in [0.15, 0.2) is 5.11 Å². The molecule has 0 saturated heterocycles. The lowest BCUT2D eigenvalue weighted by atomic mass is 10.1. The standard InChI is InChI=1S/C14H21N3O2S/c1-9-6-7-10(11(8-9)19-5)12(18)16-17-13(20)15-14(2,3)4/h6-8H,1-5H3,(H,16,18)(H2,15,17,20). The van der Waals surface area contributed by atoms with Crippen LogP contribution in [0.3, 0.4) is 0 Å². The Balaban J connectivity index is 2.66. The summed E-state index contributed by atoms with van der Waals surface area (Å²) in [5, 5.41) is 3.40. The Morgan fingerprint density at radius 2 is 1.90 bits per heavy atom. The van der Waals surface area contributed by atoms with E-state index in [1.165, 1.54) is 7.11 Å². The number of methoxy groups -OCH3 is 1. The minimum atomic E-state index is -0.306. The summed E-state index contributed by atoms with van der Waals surface area (Å²) in [7, 11) is 1.53. The lowest BCUT2D eigenvalue weighted by Gasteiger charge is -2.23. The van der Waals surface area contributed by atoms with Gasteiger partial charge < -0.3 is 10.1 Å². The van der Waals surface area contributed by atoms with Crippen LogP contribution in [0, 0.1) is 6.92 Å². The van der Waals surface area contributed by atoms with Crippen molar-refractivity contribution < 1.29 is 9.53 Å². The van der Waals surface area contributed by atoms with Gasteiger partial charge in [0.25, 0.3) is 5.91 Å². The minimum absolute atomic E-state index is 0.170. The zero-order valence-electron chi connectivity index (χ0n) is 12.5. The average Bonchev–Trinajstić information content (AvgIpc) is 2.33. The predicted octanol–water partition coefficient (Wildman–Crippen LogP) is 1.91. The number of nitrogens with one attached hydrogen (secondary N) is 3. The summed E-state index contributed by atoms with van der Waals surface area (Å²) in [5.41, 5.74) is 6.51. The van der Waals surface area contributed by atoms with Crippen molar-refractivity contribution in [1.82, 2.24) is 16.2 Å². The molecule has 0 aliphatic rings. The maximum Gasteiger partial charge on any atom is 0.273 e. The SMILES string of the molecule is COc1cc(C)ccc1C(=O)NNC(=S)NC(C)(C)C. The third-order valence-electron chi connectivity index (χ3n) is 2.38. The quantitative estimate of drug-likeness (QED) is 0.575. The first-order chi connectivity index (χ1) is 9.23. The number of hydrazine groups is 1. The Hall–Kier alpha value is -1.82. The number of amides is 1. The van der Waals surface area contributed by atoms with E-state index in [4.69, 9.17) is 17.0 Å². The van der Waals surface area contributed by atoms with Crippen LogP contribution in [-0.4, -0.2) is 23.7 Å². The van der Waals surface area contributed by atoms with E-state index in [2.05, 4.69) is 16.2 Å². The highest BCUT2D eigenvalue weighted by molar-refractivity contribution is 7.80. The van der Waals surface area contributed by atoms with E-state index in [1.807, 2.05) is 33.8 Å². The maximum absolute atomic E-state index is 12.1. The summed E-state index contributed by atoms with van der Waals surface area (Å²) < 4.78 is 5.20. The smallest absolute Gasteiger partial charge is 0.273 e. The molecule has 0 heterocycles. The third-order valence-corrected chi connectivity index (χ3v) is 2.58. The van der Waals surface area contributed by atoms with E-state index < -0.39 is 0 Å². The number of carbonyl (C=O) groups is 1. The van der Waals surface area contributed by atoms with Crippen molar-refractivity contribution in [3.8, 4) is 5.75 Å². The van der Waals surface area contributed by atoms with Crippen molar-refractivity contribution in [2.24, 2.45) is 0 Å². The highest BCUT2D eigenvalue weighted by atomic mass is 32.1. The normalized spacial score (nSPS) is 10.7. The summed E-state index contributed by atoms with van der Waals surface area (Å²) in [6.45, 7) is 7.87. The molecule has 0 bridgehead atoms. The van der Waals surface area contributed by atoms with Gasteiger partial charge in [0.1, 0.15) is 5.75 Å². The molecular weight excluding hydrogens is 274 g/mol. The molecule has 1 rings (SSSR count). The Kier molecular flexibility index (Phi) is 5.33. The molecule has 6 heteroatoms. The lowest BCUT2D eigenvalue weighted by molar-refractivity contribution is 0.0940. The second-order valence-corrected chi connectivity index (χ2v) is 5.90. The van der Waals surface area contributed by atoms with Gasteiger partial charge in [-0.05, 0) is 57.6 Å². The van der Waals surface area contributed by atoms with E-state index in [1.54, 1.807) is 12.1 Å². The van der Waals surface area contributed by atoms with E-state index in [9.17, 15) is 4.79 Å². The van der Waals surface area contributed by atoms with Crippen LogP contribution in [0.4, 0.5) is 0 Å². The van der Waals surface area contributed by atoms with Gasteiger partial charge in [-0.1, -0.05) is 6.07 Å². The molecule has 0 aromatic heterocycles. The second kappa shape index (κ2) is 6.56. The van der Waals surface area contributed by atoms with E-state index in [-0.39, 0.29) is 11.4 Å². The highest BCUT2D eigenvalue weighted by Gasteiger charge is 2.14. The van der Waals surface area contributed by atoms with Crippen LogP contribution in [0.25, 0.3) is 0 Å². The molecule has 0 fully saturated rings. The summed E-state index contributed by atoms with van der Waals surface area (Å²) in [6, 6.07) is 5.37. The molecule has 0 spiro atoms. The van der Waals surface area contributed by atoms with Gasteiger partial charge >= 0.3 is 0 Å². The largest absolute Gasteiger partial charge is 0.496 e. The Labute approximate surface area is 125 Å². The van der Waals surface area contributed by atoms with Crippen LogP contribution in [0.2, 0.25) is 0 Å². The van der Waals surface area contributed by atoms with Crippen LogP contribution < -0.4 is 20.9 Å². The number of carbonyl (C=O) groups excluding carboxylic acids is 1. The molecule has 0 aliphatic heterocycles.